The molecule has 4 heteroatoms. The first-order valence-corrected chi connectivity index (χ1v) is 6.42. The van der Waals surface area contributed by atoms with E-state index in [9.17, 15) is 0 Å². The first-order chi connectivity index (χ1) is 7.81. The fourth-order valence-electron chi connectivity index (χ4n) is 1.82. The van der Waals surface area contributed by atoms with Crippen LogP contribution in [0.1, 0.15) is 38.2 Å². The molecule has 0 bridgehead atoms. The lowest BCUT2D eigenvalue weighted by Gasteiger charge is -2.10. The Labute approximate surface area is 102 Å². The van der Waals surface area contributed by atoms with Crippen molar-refractivity contribution in [2.45, 2.75) is 39.0 Å². The van der Waals surface area contributed by atoms with Crippen LogP contribution < -0.4 is 5.32 Å². The predicted molar refractivity (Wildman–Crippen MR) is 66.9 cm³/mol. The third kappa shape index (κ3) is 3.08. The van der Waals surface area contributed by atoms with Gasteiger partial charge in [0.2, 0.25) is 0 Å². The van der Waals surface area contributed by atoms with E-state index < -0.39 is 0 Å². The molecule has 0 spiro atoms. The minimum absolute atomic E-state index is 0.589. The highest BCUT2D eigenvalue weighted by Crippen LogP contribution is 2.32. The normalized spacial score (nSPS) is 15.1. The molecule has 1 aliphatic rings. The molecule has 0 saturated heterocycles. The van der Waals surface area contributed by atoms with Crippen LogP contribution in [0.15, 0.2) is 6.33 Å². The SMILES string of the molecule is CCCc1c(Cl)ncnc1NCCC1CC1. The van der Waals surface area contributed by atoms with Crippen molar-refractivity contribution < 1.29 is 0 Å². The number of anilines is 1. The highest BCUT2D eigenvalue weighted by Gasteiger charge is 2.20. The Balaban J connectivity index is 1.96. The lowest BCUT2D eigenvalue weighted by atomic mass is 10.2. The number of aromatic nitrogens is 2. The Hall–Kier alpha value is -0.830. The van der Waals surface area contributed by atoms with Gasteiger partial charge in [-0.3, -0.25) is 0 Å². The number of halogens is 1. The summed E-state index contributed by atoms with van der Waals surface area (Å²) in [6.45, 7) is 3.13. The molecule has 1 fully saturated rings. The summed E-state index contributed by atoms with van der Waals surface area (Å²) < 4.78 is 0. The van der Waals surface area contributed by atoms with Gasteiger partial charge >= 0.3 is 0 Å². The van der Waals surface area contributed by atoms with E-state index in [1.165, 1.54) is 25.6 Å². The summed E-state index contributed by atoms with van der Waals surface area (Å²) in [6, 6.07) is 0. The maximum absolute atomic E-state index is 6.07. The van der Waals surface area contributed by atoms with Gasteiger partial charge in [-0.05, 0) is 18.8 Å². The van der Waals surface area contributed by atoms with Gasteiger partial charge in [0.1, 0.15) is 17.3 Å². The van der Waals surface area contributed by atoms with Crippen molar-refractivity contribution in [1.29, 1.82) is 0 Å². The van der Waals surface area contributed by atoms with E-state index in [0.29, 0.717) is 5.15 Å². The van der Waals surface area contributed by atoms with Gasteiger partial charge in [-0.2, -0.15) is 0 Å². The molecule has 88 valence electrons. The van der Waals surface area contributed by atoms with Gasteiger partial charge < -0.3 is 5.32 Å². The number of rotatable bonds is 6. The van der Waals surface area contributed by atoms with Crippen LogP contribution in [-0.4, -0.2) is 16.5 Å². The largest absolute Gasteiger partial charge is 0.370 e. The Kier molecular flexibility index (Phi) is 3.99. The average Bonchev–Trinajstić information content (AvgIpc) is 3.07. The van der Waals surface area contributed by atoms with Crippen molar-refractivity contribution in [3.63, 3.8) is 0 Å². The quantitative estimate of drug-likeness (QED) is 0.774. The maximum atomic E-state index is 6.07. The zero-order chi connectivity index (χ0) is 11.4. The van der Waals surface area contributed by atoms with Crippen molar-refractivity contribution in [3.8, 4) is 0 Å². The van der Waals surface area contributed by atoms with Crippen LogP contribution in [0.4, 0.5) is 5.82 Å². The monoisotopic (exact) mass is 239 g/mol. The van der Waals surface area contributed by atoms with Crippen LogP contribution in [-0.2, 0) is 6.42 Å². The number of nitrogens with zero attached hydrogens (tertiary/aromatic N) is 2. The molecule has 1 aliphatic carbocycles. The third-order valence-electron chi connectivity index (χ3n) is 2.93. The van der Waals surface area contributed by atoms with Gasteiger partial charge in [-0.15, -0.1) is 0 Å². The van der Waals surface area contributed by atoms with Crippen molar-refractivity contribution >= 4 is 17.4 Å². The van der Waals surface area contributed by atoms with E-state index in [1.807, 2.05) is 0 Å². The van der Waals surface area contributed by atoms with Gasteiger partial charge in [-0.25, -0.2) is 9.97 Å². The Bertz CT molecular complexity index is 350. The fourth-order valence-corrected chi connectivity index (χ4v) is 2.04. The average molecular weight is 240 g/mol. The molecule has 16 heavy (non-hydrogen) atoms. The summed E-state index contributed by atoms with van der Waals surface area (Å²) in [5.74, 6) is 1.86. The molecule has 1 N–H and O–H groups in total. The van der Waals surface area contributed by atoms with Gasteiger partial charge in [0.15, 0.2) is 0 Å². The summed E-state index contributed by atoms with van der Waals surface area (Å²) in [5.41, 5.74) is 1.06. The minimum Gasteiger partial charge on any atom is -0.370 e. The summed E-state index contributed by atoms with van der Waals surface area (Å²) in [7, 11) is 0. The molecule has 0 atom stereocenters. The Morgan fingerprint density at radius 1 is 1.44 bits per heavy atom. The lowest BCUT2D eigenvalue weighted by Crippen LogP contribution is -2.08. The van der Waals surface area contributed by atoms with Crippen LogP contribution in [0.2, 0.25) is 5.15 Å². The topological polar surface area (TPSA) is 37.8 Å². The van der Waals surface area contributed by atoms with Crippen molar-refractivity contribution in [2.24, 2.45) is 5.92 Å². The zero-order valence-corrected chi connectivity index (χ0v) is 10.4. The first kappa shape index (κ1) is 11.6. The third-order valence-corrected chi connectivity index (χ3v) is 3.26. The smallest absolute Gasteiger partial charge is 0.137 e. The minimum atomic E-state index is 0.589. The van der Waals surface area contributed by atoms with E-state index in [4.69, 9.17) is 11.6 Å². The van der Waals surface area contributed by atoms with Crippen LogP contribution in [0, 0.1) is 5.92 Å². The molecule has 0 radical (unpaired) electrons. The lowest BCUT2D eigenvalue weighted by molar-refractivity contribution is 0.755. The molecule has 0 aliphatic heterocycles. The summed E-state index contributed by atoms with van der Waals surface area (Å²) in [5, 5.41) is 3.96. The molecular formula is C12H18ClN3. The van der Waals surface area contributed by atoms with E-state index in [0.717, 1.165) is 36.7 Å². The molecular weight excluding hydrogens is 222 g/mol. The van der Waals surface area contributed by atoms with Crippen molar-refractivity contribution in [2.75, 3.05) is 11.9 Å². The molecule has 1 saturated carbocycles. The second-order valence-electron chi connectivity index (χ2n) is 4.40. The molecule has 0 aromatic carbocycles. The summed E-state index contributed by atoms with van der Waals surface area (Å²) in [4.78, 5) is 8.30. The van der Waals surface area contributed by atoms with Gasteiger partial charge in [0.25, 0.3) is 0 Å². The fraction of sp³-hybridized carbons (Fsp3) is 0.667. The highest BCUT2D eigenvalue weighted by atomic mass is 35.5. The molecule has 3 nitrogen and oxygen atoms in total. The van der Waals surface area contributed by atoms with Crippen molar-refractivity contribution in [3.05, 3.63) is 17.0 Å². The van der Waals surface area contributed by atoms with E-state index in [-0.39, 0.29) is 0 Å². The highest BCUT2D eigenvalue weighted by molar-refractivity contribution is 6.30. The summed E-state index contributed by atoms with van der Waals surface area (Å²) >= 11 is 6.07. The molecule has 2 rings (SSSR count). The van der Waals surface area contributed by atoms with Crippen LogP contribution in [0.25, 0.3) is 0 Å². The van der Waals surface area contributed by atoms with Gasteiger partial charge in [0.05, 0.1) is 0 Å². The van der Waals surface area contributed by atoms with Crippen LogP contribution in [0.5, 0.6) is 0 Å². The van der Waals surface area contributed by atoms with Crippen LogP contribution in [0.3, 0.4) is 0 Å². The molecule has 1 aromatic rings. The molecule has 0 amide bonds. The van der Waals surface area contributed by atoms with E-state index in [1.54, 1.807) is 0 Å². The van der Waals surface area contributed by atoms with Crippen molar-refractivity contribution in [1.82, 2.24) is 9.97 Å². The van der Waals surface area contributed by atoms with Crippen LogP contribution >= 0.6 is 11.6 Å². The standard InChI is InChI=1S/C12H18ClN3/c1-2-3-10-11(13)15-8-16-12(10)14-7-6-9-4-5-9/h8-9H,2-7H2,1H3,(H,14,15,16). The Morgan fingerprint density at radius 3 is 2.94 bits per heavy atom. The second-order valence-corrected chi connectivity index (χ2v) is 4.76. The molecule has 1 heterocycles. The Morgan fingerprint density at radius 2 is 2.25 bits per heavy atom. The number of hydrogen-bond donors (Lipinski definition) is 1. The zero-order valence-electron chi connectivity index (χ0n) is 9.67. The van der Waals surface area contributed by atoms with Gasteiger partial charge in [-0.1, -0.05) is 37.8 Å². The molecule has 0 unspecified atom stereocenters. The first-order valence-electron chi connectivity index (χ1n) is 6.04. The predicted octanol–water partition coefficient (Wildman–Crippen LogP) is 3.29. The molecule has 1 aromatic heterocycles. The van der Waals surface area contributed by atoms with E-state index >= 15 is 0 Å². The number of hydrogen-bond acceptors (Lipinski definition) is 3. The summed E-state index contributed by atoms with van der Waals surface area (Å²) in [6.07, 6.45) is 7.56. The number of nitrogens with one attached hydrogen (secondary N) is 1. The second kappa shape index (κ2) is 5.48. The van der Waals surface area contributed by atoms with E-state index in [2.05, 4.69) is 22.2 Å². The maximum Gasteiger partial charge on any atom is 0.137 e. The van der Waals surface area contributed by atoms with Gasteiger partial charge in [0, 0.05) is 12.1 Å².